The summed E-state index contributed by atoms with van der Waals surface area (Å²) in [5.74, 6) is -0.479. The van der Waals surface area contributed by atoms with Crippen LogP contribution in [0.4, 0.5) is 4.79 Å². The van der Waals surface area contributed by atoms with Crippen molar-refractivity contribution in [2.45, 2.75) is 51.9 Å². The Hall–Kier alpha value is -1.34. The van der Waals surface area contributed by atoms with E-state index in [-0.39, 0.29) is 0 Å². The van der Waals surface area contributed by atoms with E-state index in [1.54, 1.807) is 33.2 Å². The molecule has 1 amide bonds. The molecule has 0 aromatic rings. The fourth-order valence-corrected chi connectivity index (χ4v) is 1.13. The van der Waals surface area contributed by atoms with Crippen LogP contribution >= 0.6 is 0 Å². The highest BCUT2D eigenvalue weighted by molar-refractivity contribution is 5.83. The number of hydrogen-bond acceptors (Lipinski definition) is 5. The Kier molecular flexibility index (Phi) is 5.90. The highest BCUT2D eigenvalue weighted by Crippen LogP contribution is 2.08. The Morgan fingerprint density at radius 2 is 2.00 bits per heavy atom. The van der Waals surface area contributed by atoms with Crippen molar-refractivity contribution in [2.24, 2.45) is 0 Å². The standard InChI is InChI=1S/C10H21N3O4/c1-5-6(7(14)8(11)13-16)12-9(15)17-10(2,3)4/h6-7,14,16H,5H2,1-4H3,(H2,11,13)(H,12,15)/t6-,7?/m0/s1. The third-order valence-corrected chi connectivity index (χ3v) is 1.94. The summed E-state index contributed by atoms with van der Waals surface area (Å²) >= 11 is 0. The average Bonchev–Trinajstić information content (AvgIpc) is 2.21. The first kappa shape index (κ1) is 15.7. The number of alkyl carbamates (subject to hydrolysis) is 1. The van der Waals surface area contributed by atoms with Gasteiger partial charge in [0.2, 0.25) is 0 Å². The summed E-state index contributed by atoms with van der Waals surface area (Å²) in [6, 6.07) is -0.697. The molecule has 2 atom stereocenters. The van der Waals surface area contributed by atoms with Crippen LogP contribution in [0.1, 0.15) is 34.1 Å². The van der Waals surface area contributed by atoms with Gasteiger partial charge in [-0.2, -0.15) is 0 Å². The van der Waals surface area contributed by atoms with Crippen molar-refractivity contribution in [3.8, 4) is 0 Å². The Bertz CT molecular complexity index is 275. The fraction of sp³-hybridized carbons (Fsp3) is 0.800. The van der Waals surface area contributed by atoms with Gasteiger partial charge in [-0.3, -0.25) is 16.1 Å². The molecule has 0 fully saturated rings. The zero-order valence-electron chi connectivity index (χ0n) is 10.6. The van der Waals surface area contributed by atoms with Crippen LogP contribution in [-0.4, -0.2) is 40.0 Å². The van der Waals surface area contributed by atoms with Gasteiger partial charge in [-0.25, -0.2) is 4.79 Å². The minimum Gasteiger partial charge on any atom is -0.444 e. The molecule has 0 radical (unpaired) electrons. The number of rotatable bonds is 4. The van der Waals surface area contributed by atoms with Gasteiger partial charge in [0, 0.05) is 0 Å². The first-order valence-electron chi connectivity index (χ1n) is 5.37. The fourth-order valence-electron chi connectivity index (χ4n) is 1.13. The zero-order valence-corrected chi connectivity index (χ0v) is 10.6. The summed E-state index contributed by atoms with van der Waals surface area (Å²) < 4.78 is 5.02. The van der Waals surface area contributed by atoms with Crippen molar-refractivity contribution in [3.63, 3.8) is 0 Å². The van der Waals surface area contributed by atoms with Gasteiger partial charge in [-0.05, 0) is 27.2 Å². The third kappa shape index (κ3) is 6.08. The van der Waals surface area contributed by atoms with E-state index in [0.29, 0.717) is 6.42 Å². The van der Waals surface area contributed by atoms with E-state index in [2.05, 4.69) is 5.32 Å². The monoisotopic (exact) mass is 247 g/mol. The van der Waals surface area contributed by atoms with Gasteiger partial charge < -0.3 is 15.2 Å². The van der Waals surface area contributed by atoms with Gasteiger partial charge in [-0.1, -0.05) is 6.92 Å². The summed E-state index contributed by atoms with van der Waals surface area (Å²) in [6.07, 6.45) is -1.59. The quantitative estimate of drug-likeness (QED) is 0.283. The van der Waals surface area contributed by atoms with Gasteiger partial charge in [0.05, 0.1) is 6.04 Å². The van der Waals surface area contributed by atoms with Crippen molar-refractivity contribution in [2.75, 3.05) is 0 Å². The SMILES string of the molecule is CC[C@H](NC(=O)OC(C)(C)C)C(O)C(=N)NO. The largest absolute Gasteiger partial charge is 0.444 e. The second-order valence-corrected chi connectivity index (χ2v) is 4.63. The molecule has 0 bridgehead atoms. The number of aliphatic hydroxyl groups is 1. The lowest BCUT2D eigenvalue weighted by atomic mass is 10.1. The molecule has 0 saturated heterocycles. The van der Waals surface area contributed by atoms with Crippen LogP contribution in [0.15, 0.2) is 0 Å². The van der Waals surface area contributed by atoms with Crippen LogP contribution in [0.5, 0.6) is 0 Å². The second kappa shape index (κ2) is 6.41. The molecule has 0 spiro atoms. The molecule has 7 nitrogen and oxygen atoms in total. The summed E-state index contributed by atoms with van der Waals surface area (Å²) in [4.78, 5) is 11.4. The van der Waals surface area contributed by atoms with Crippen molar-refractivity contribution in [1.82, 2.24) is 10.8 Å². The van der Waals surface area contributed by atoms with Crippen molar-refractivity contribution >= 4 is 11.9 Å². The second-order valence-electron chi connectivity index (χ2n) is 4.63. The summed E-state index contributed by atoms with van der Waals surface area (Å²) in [5.41, 5.74) is 0.913. The van der Waals surface area contributed by atoms with E-state index in [1.165, 1.54) is 0 Å². The molecule has 100 valence electrons. The number of hydroxylamine groups is 1. The molecule has 0 aromatic carbocycles. The van der Waals surface area contributed by atoms with Crippen LogP contribution < -0.4 is 10.8 Å². The average molecular weight is 247 g/mol. The molecule has 7 heteroatoms. The third-order valence-electron chi connectivity index (χ3n) is 1.94. The van der Waals surface area contributed by atoms with Crippen molar-refractivity contribution in [3.05, 3.63) is 0 Å². The number of hydrogen-bond donors (Lipinski definition) is 5. The molecule has 0 rings (SSSR count). The minimum atomic E-state index is -1.31. The molecule has 0 heterocycles. The van der Waals surface area contributed by atoms with Gasteiger partial charge in [0.1, 0.15) is 17.5 Å². The molecular weight excluding hydrogens is 226 g/mol. The lowest BCUT2D eigenvalue weighted by Crippen LogP contribution is -2.50. The molecule has 0 aliphatic carbocycles. The van der Waals surface area contributed by atoms with E-state index in [4.69, 9.17) is 15.4 Å². The van der Waals surface area contributed by atoms with Crippen molar-refractivity contribution in [1.29, 1.82) is 5.41 Å². The number of ether oxygens (including phenoxy) is 1. The normalized spacial score (nSPS) is 14.7. The maximum atomic E-state index is 11.4. The van der Waals surface area contributed by atoms with Crippen molar-refractivity contribution < 1.29 is 19.8 Å². The highest BCUT2D eigenvalue weighted by Gasteiger charge is 2.25. The first-order valence-corrected chi connectivity index (χ1v) is 5.37. The van der Waals surface area contributed by atoms with Crippen LogP contribution in [0, 0.1) is 5.41 Å². The predicted molar refractivity (Wildman–Crippen MR) is 62.1 cm³/mol. The molecule has 0 aliphatic heterocycles. The van der Waals surface area contributed by atoms with Gasteiger partial charge in [0.25, 0.3) is 0 Å². The Balaban J connectivity index is 4.40. The molecule has 1 unspecified atom stereocenters. The number of carbonyl (C=O) groups is 1. The van der Waals surface area contributed by atoms with E-state index in [0.717, 1.165) is 0 Å². The zero-order chi connectivity index (χ0) is 13.6. The number of nitrogens with one attached hydrogen (secondary N) is 3. The van der Waals surface area contributed by atoms with Crippen LogP contribution in [-0.2, 0) is 4.74 Å². The Morgan fingerprint density at radius 3 is 2.35 bits per heavy atom. The van der Waals surface area contributed by atoms with Gasteiger partial charge in [0.15, 0.2) is 0 Å². The number of amides is 1. The lowest BCUT2D eigenvalue weighted by Gasteiger charge is -2.25. The summed E-state index contributed by atoms with van der Waals surface area (Å²) in [6.45, 7) is 6.90. The van der Waals surface area contributed by atoms with Crippen LogP contribution in [0.3, 0.4) is 0 Å². The summed E-state index contributed by atoms with van der Waals surface area (Å²) in [5, 5.41) is 27.7. The molecule has 0 aliphatic rings. The van der Waals surface area contributed by atoms with Crippen LogP contribution in [0.25, 0.3) is 0 Å². The molecule has 0 aromatic heterocycles. The van der Waals surface area contributed by atoms with E-state index >= 15 is 0 Å². The smallest absolute Gasteiger partial charge is 0.407 e. The minimum absolute atomic E-state index is 0.393. The summed E-state index contributed by atoms with van der Waals surface area (Å²) in [7, 11) is 0. The van der Waals surface area contributed by atoms with Gasteiger partial charge >= 0.3 is 6.09 Å². The van der Waals surface area contributed by atoms with E-state index < -0.39 is 29.7 Å². The number of carbonyl (C=O) groups excluding carboxylic acids is 1. The lowest BCUT2D eigenvalue weighted by molar-refractivity contribution is 0.0454. The maximum absolute atomic E-state index is 11.4. The maximum Gasteiger partial charge on any atom is 0.407 e. The Labute approximate surface area is 101 Å². The molecule has 17 heavy (non-hydrogen) atoms. The number of amidine groups is 1. The topological polar surface area (TPSA) is 115 Å². The Morgan fingerprint density at radius 1 is 1.47 bits per heavy atom. The first-order chi connectivity index (χ1) is 7.71. The van der Waals surface area contributed by atoms with Crippen LogP contribution in [0.2, 0.25) is 0 Å². The number of aliphatic hydroxyl groups excluding tert-OH is 1. The molecular formula is C10H21N3O4. The predicted octanol–water partition coefficient (Wildman–Crippen LogP) is 0.607. The van der Waals surface area contributed by atoms with E-state index in [9.17, 15) is 9.90 Å². The van der Waals surface area contributed by atoms with E-state index in [1.807, 2.05) is 0 Å². The van der Waals surface area contributed by atoms with Gasteiger partial charge in [-0.15, -0.1) is 0 Å². The highest BCUT2D eigenvalue weighted by atomic mass is 16.6. The molecule has 0 saturated carbocycles. The molecule has 5 N–H and O–H groups in total.